The number of carbonyl (C=O) groups excluding carboxylic acids is 1. The van der Waals surface area contributed by atoms with Crippen LogP contribution in [0.5, 0.6) is 0 Å². The molecule has 3 N–H and O–H groups in total. The molecule has 1 fully saturated rings. The Morgan fingerprint density at radius 1 is 1.41 bits per heavy atom. The Balaban J connectivity index is 0.00000364. The standard InChI is InChI=1S/C18H30N4O4.ClH/c1-5-18(6-8-20-9-7-18)17(2,3)12-22(16(24)25)11-13-10-14(21-26-13)15(23)19-4;/h10,20H,5-9,11-12H2,1-4H3,(H,19,23)(H,24,25);1H. The van der Waals surface area contributed by atoms with E-state index in [0.717, 1.165) is 32.4 Å². The van der Waals surface area contributed by atoms with Gasteiger partial charge >= 0.3 is 6.09 Å². The largest absolute Gasteiger partial charge is 0.465 e. The molecule has 27 heavy (non-hydrogen) atoms. The van der Waals surface area contributed by atoms with Crippen molar-refractivity contribution in [2.24, 2.45) is 10.8 Å². The molecule has 0 radical (unpaired) electrons. The summed E-state index contributed by atoms with van der Waals surface area (Å²) in [6, 6.07) is 1.49. The number of rotatable bonds is 7. The van der Waals surface area contributed by atoms with Crippen LogP contribution in [0.1, 0.15) is 56.3 Å². The Morgan fingerprint density at radius 2 is 2.04 bits per heavy atom. The Hall–Kier alpha value is -1.80. The predicted octanol–water partition coefficient (Wildman–Crippen LogP) is 2.74. The molecule has 8 nitrogen and oxygen atoms in total. The lowest BCUT2D eigenvalue weighted by Gasteiger charge is -2.50. The fraction of sp³-hybridized carbons (Fsp3) is 0.722. The second-order valence-electron chi connectivity index (χ2n) is 7.66. The first-order valence-electron chi connectivity index (χ1n) is 9.11. The molecule has 0 atom stereocenters. The van der Waals surface area contributed by atoms with Gasteiger partial charge in [0.15, 0.2) is 11.5 Å². The minimum atomic E-state index is -1.00. The number of carbonyl (C=O) groups is 2. The van der Waals surface area contributed by atoms with Crippen molar-refractivity contribution in [3.8, 4) is 0 Å². The molecule has 0 aliphatic carbocycles. The first-order valence-corrected chi connectivity index (χ1v) is 9.11. The smallest absolute Gasteiger partial charge is 0.407 e. The van der Waals surface area contributed by atoms with Crippen molar-refractivity contribution in [3.63, 3.8) is 0 Å². The van der Waals surface area contributed by atoms with Gasteiger partial charge in [-0.2, -0.15) is 0 Å². The van der Waals surface area contributed by atoms with Crippen LogP contribution in [0, 0.1) is 10.8 Å². The van der Waals surface area contributed by atoms with Gasteiger partial charge in [0.1, 0.15) is 0 Å². The second-order valence-corrected chi connectivity index (χ2v) is 7.66. The highest BCUT2D eigenvalue weighted by Crippen LogP contribution is 2.49. The van der Waals surface area contributed by atoms with E-state index in [1.807, 2.05) is 0 Å². The molecule has 0 unspecified atom stereocenters. The van der Waals surface area contributed by atoms with Crippen LogP contribution in [0.25, 0.3) is 0 Å². The number of piperidine rings is 1. The van der Waals surface area contributed by atoms with E-state index in [-0.39, 0.29) is 41.4 Å². The van der Waals surface area contributed by atoms with Crippen molar-refractivity contribution < 1.29 is 19.2 Å². The fourth-order valence-corrected chi connectivity index (χ4v) is 4.06. The van der Waals surface area contributed by atoms with E-state index in [9.17, 15) is 14.7 Å². The SMILES string of the molecule is CCC1(C(C)(C)CN(Cc2cc(C(=O)NC)no2)C(=O)O)CCNCC1.Cl. The summed E-state index contributed by atoms with van der Waals surface area (Å²) in [5.41, 5.74) is 0.0578. The maximum atomic E-state index is 11.8. The van der Waals surface area contributed by atoms with E-state index >= 15 is 0 Å². The first-order chi connectivity index (χ1) is 12.2. The van der Waals surface area contributed by atoms with Crippen LogP contribution in [-0.2, 0) is 6.54 Å². The lowest BCUT2D eigenvalue weighted by atomic mass is 9.59. The molecule has 2 heterocycles. The number of hydrogen-bond donors (Lipinski definition) is 3. The molecule has 0 saturated carbocycles. The second kappa shape index (κ2) is 9.41. The number of amides is 2. The molecule has 1 aliphatic rings. The van der Waals surface area contributed by atoms with Gasteiger partial charge in [0.05, 0.1) is 6.54 Å². The molecule has 1 aliphatic heterocycles. The molecule has 0 bridgehead atoms. The third-order valence-electron chi connectivity index (χ3n) is 5.90. The lowest BCUT2D eigenvalue weighted by molar-refractivity contribution is -0.00265. The van der Waals surface area contributed by atoms with Gasteiger partial charge in [-0.3, -0.25) is 4.79 Å². The van der Waals surface area contributed by atoms with Crippen LogP contribution in [0.3, 0.4) is 0 Å². The molecule has 0 aromatic carbocycles. The summed E-state index contributed by atoms with van der Waals surface area (Å²) in [5, 5.41) is 19.2. The van der Waals surface area contributed by atoms with Crippen LogP contribution in [0.2, 0.25) is 0 Å². The van der Waals surface area contributed by atoms with Gasteiger partial charge in [-0.05, 0) is 43.2 Å². The van der Waals surface area contributed by atoms with E-state index in [1.54, 1.807) is 0 Å². The molecule has 154 valence electrons. The van der Waals surface area contributed by atoms with E-state index in [2.05, 4.69) is 36.6 Å². The van der Waals surface area contributed by atoms with Crippen LogP contribution >= 0.6 is 12.4 Å². The van der Waals surface area contributed by atoms with Crippen molar-refractivity contribution in [1.29, 1.82) is 0 Å². The Kier molecular flexibility index (Phi) is 8.10. The zero-order valence-electron chi connectivity index (χ0n) is 16.5. The first kappa shape index (κ1) is 23.2. The molecule has 1 aromatic rings. The van der Waals surface area contributed by atoms with Gasteiger partial charge in [-0.25, -0.2) is 4.79 Å². The van der Waals surface area contributed by atoms with Crippen molar-refractivity contribution in [1.82, 2.24) is 20.7 Å². The molecular formula is C18H31ClN4O4. The molecule has 1 saturated heterocycles. The minimum Gasteiger partial charge on any atom is -0.465 e. The molecule has 2 amide bonds. The number of nitrogens with zero attached hydrogens (tertiary/aromatic N) is 2. The minimum absolute atomic E-state index is 0. The van der Waals surface area contributed by atoms with Gasteiger partial charge in [-0.15, -0.1) is 12.4 Å². The van der Waals surface area contributed by atoms with Crippen LogP contribution in [0.15, 0.2) is 10.6 Å². The maximum absolute atomic E-state index is 11.8. The molecular weight excluding hydrogens is 372 g/mol. The van der Waals surface area contributed by atoms with Crippen molar-refractivity contribution in [2.45, 2.75) is 46.6 Å². The maximum Gasteiger partial charge on any atom is 0.407 e. The fourth-order valence-electron chi connectivity index (χ4n) is 4.06. The van der Waals surface area contributed by atoms with Crippen LogP contribution < -0.4 is 10.6 Å². The van der Waals surface area contributed by atoms with Gasteiger partial charge in [0, 0.05) is 19.7 Å². The summed E-state index contributed by atoms with van der Waals surface area (Å²) < 4.78 is 5.15. The van der Waals surface area contributed by atoms with E-state index in [0.29, 0.717) is 12.3 Å². The van der Waals surface area contributed by atoms with Gasteiger partial charge in [-0.1, -0.05) is 25.9 Å². The highest BCUT2D eigenvalue weighted by Gasteiger charge is 2.45. The van der Waals surface area contributed by atoms with Crippen LogP contribution in [-0.4, -0.2) is 53.8 Å². The van der Waals surface area contributed by atoms with Crippen molar-refractivity contribution >= 4 is 24.4 Å². The summed E-state index contributed by atoms with van der Waals surface area (Å²) in [6.07, 6.45) is 2.08. The third-order valence-corrected chi connectivity index (χ3v) is 5.90. The highest BCUT2D eigenvalue weighted by molar-refractivity contribution is 5.91. The van der Waals surface area contributed by atoms with Crippen molar-refractivity contribution in [3.05, 3.63) is 17.5 Å². The van der Waals surface area contributed by atoms with Gasteiger partial charge in [0.2, 0.25) is 0 Å². The molecule has 0 spiro atoms. The predicted molar refractivity (Wildman–Crippen MR) is 104 cm³/mol. The lowest BCUT2D eigenvalue weighted by Crippen LogP contribution is -2.51. The Labute approximate surface area is 166 Å². The normalized spacial score (nSPS) is 16.3. The average Bonchev–Trinajstić information content (AvgIpc) is 3.09. The topological polar surface area (TPSA) is 108 Å². The van der Waals surface area contributed by atoms with Crippen LogP contribution in [0.4, 0.5) is 4.79 Å². The summed E-state index contributed by atoms with van der Waals surface area (Å²) in [6.45, 7) is 8.86. The number of aromatic nitrogens is 1. The van der Waals surface area contributed by atoms with E-state index in [4.69, 9.17) is 4.52 Å². The molecule has 2 rings (SSSR count). The third kappa shape index (κ3) is 5.13. The number of halogens is 1. The quantitative estimate of drug-likeness (QED) is 0.647. The van der Waals surface area contributed by atoms with Gasteiger partial charge < -0.3 is 25.2 Å². The average molecular weight is 403 g/mol. The number of carboxylic acid groups (broad SMARTS) is 1. The summed E-state index contributed by atoms with van der Waals surface area (Å²) >= 11 is 0. The van der Waals surface area contributed by atoms with E-state index < -0.39 is 6.09 Å². The Bertz CT molecular complexity index is 641. The monoisotopic (exact) mass is 402 g/mol. The Morgan fingerprint density at radius 3 is 2.56 bits per heavy atom. The molecule has 9 heteroatoms. The number of hydrogen-bond acceptors (Lipinski definition) is 5. The summed E-state index contributed by atoms with van der Waals surface area (Å²) in [5.74, 6) is -0.000458. The number of nitrogens with one attached hydrogen (secondary N) is 2. The molecule has 1 aromatic heterocycles. The summed E-state index contributed by atoms with van der Waals surface area (Å²) in [7, 11) is 1.51. The summed E-state index contributed by atoms with van der Waals surface area (Å²) in [4.78, 5) is 24.8. The zero-order valence-corrected chi connectivity index (χ0v) is 17.3. The van der Waals surface area contributed by atoms with E-state index in [1.165, 1.54) is 18.0 Å². The zero-order chi connectivity index (χ0) is 19.4. The van der Waals surface area contributed by atoms with Gasteiger partial charge in [0.25, 0.3) is 5.91 Å². The highest BCUT2D eigenvalue weighted by atomic mass is 35.5. The van der Waals surface area contributed by atoms with Crippen molar-refractivity contribution in [2.75, 3.05) is 26.7 Å².